The van der Waals surface area contributed by atoms with Crippen LogP contribution >= 0.6 is 23.2 Å². The van der Waals surface area contributed by atoms with E-state index in [4.69, 9.17) is 23.2 Å². The predicted molar refractivity (Wildman–Crippen MR) is 118 cm³/mol. The minimum Gasteiger partial charge on any atom is -0.320 e. The van der Waals surface area contributed by atoms with E-state index < -0.39 is 10.0 Å². The van der Waals surface area contributed by atoms with Crippen molar-refractivity contribution >= 4 is 55.9 Å². The fraction of sp³-hybridized carbons (Fsp3) is 0.556. The first-order valence-electron chi connectivity index (χ1n) is 10.3. The van der Waals surface area contributed by atoms with Crippen LogP contribution in [-0.2, 0) is 16.6 Å². The summed E-state index contributed by atoms with van der Waals surface area (Å²) in [7, 11) is -3.13. The minimum atomic E-state index is -3.13. The van der Waals surface area contributed by atoms with Crippen LogP contribution in [0.5, 0.6) is 0 Å². The molecule has 1 saturated heterocycles. The van der Waals surface area contributed by atoms with Gasteiger partial charge in [-0.3, -0.25) is 4.68 Å². The lowest BCUT2D eigenvalue weighted by molar-refractivity contribution is 0.261. The summed E-state index contributed by atoms with van der Waals surface area (Å²) in [5.41, 5.74) is 1.22. The van der Waals surface area contributed by atoms with Gasteiger partial charge in [0, 0.05) is 25.8 Å². The molecule has 166 valence electrons. The lowest BCUT2D eigenvalue weighted by atomic mass is 10.1. The van der Waals surface area contributed by atoms with Gasteiger partial charge in [-0.15, -0.1) is 0 Å². The van der Waals surface area contributed by atoms with Crippen LogP contribution in [0, 0.1) is 0 Å². The Balaban J connectivity index is 1.31. The summed E-state index contributed by atoms with van der Waals surface area (Å²) in [6.45, 7) is 3.60. The molecule has 1 aliphatic carbocycles. The molecule has 0 amide bonds. The van der Waals surface area contributed by atoms with E-state index in [-0.39, 0.29) is 11.3 Å². The van der Waals surface area contributed by atoms with Gasteiger partial charge in [0.1, 0.15) is 0 Å². The number of aryl methyl sites for hydroxylation is 1. The average molecular weight is 485 g/mol. The molecule has 0 radical (unpaired) electrons. The molecule has 0 bridgehead atoms. The second kappa shape index (κ2) is 7.88. The van der Waals surface area contributed by atoms with Gasteiger partial charge in [-0.2, -0.15) is 15.2 Å². The van der Waals surface area contributed by atoms with Crippen LogP contribution in [0.2, 0.25) is 10.3 Å². The Bertz CT molecular complexity index is 1230. The SMILES string of the molecule is CCn1nc(Cl)c2cnc(Nc3cn(C4CCN(S(=O)(=O)C5CC5)CC4)nc3Cl)nc21. The first kappa shape index (κ1) is 20.9. The van der Waals surface area contributed by atoms with Gasteiger partial charge in [-0.05, 0) is 32.6 Å². The smallest absolute Gasteiger partial charge is 0.229 e. The van der Waals surface area contributed by atoms with Gasteiger partial charge >= 0.3 is 0 Å². The second-order valence-electron chi connectivity index (χ2n) is 7.85. The van der Waals surface area contributed by atoms with E-state index in [1.54, 1.807) is 19.9 Å². The third kappa shape index (κ3) is 3.88. The van der Waals surface area contributed by atoms with Crippen molar-refractivity contribution in [1.29, 1.82) is 0 Å². The number of fused-ring (bicyclic) bond motifs is 1. The van der Waals surface area contributed by atoms with Gasteiger partial charge in [-0.25, -0.2) is 22.4 Å². The molecule has 13 heteroatoms. The maximum atomic E-state index is 12.4. The molecule has 0 unspecified atom stereocenters. The molecule has 3 aromatic rings. The quantitative estimate of drug-likeness (QED) is 0.571. The van der Waals surface area contributed by atoms with E-state index in [1.807, 2.05) is 13.1 Å². The van der Waals surface area contributed by atoms with Gasteiger partial charge in [-0.1, -0.05) is 23.2 Å². The molecule has 10 nitrogen and oxygen atoms in total. The molecule has 1 aliphatic heterocycles. The Morgan fingerprint density at radius 2 is 1.87 bits per heavy atom. The zero-order valence-corrected chi connectivity index (χ0v) is 19.2. The molecule has 1 saturated carbocycles. The van der Waals surface area contributed by atoms with Gasteiger partial charge in [0.25, 0.3) is 0 Å². The van der Waals surface area contributed by atoms with Crippen LogP contribution in [0.4, 0.5) is 11.6 Å². The lowest BCUT2D eigenvalue weighted by Crippen LogP contribution is -2.40. The molecule has 31 heavy (non-hydrogen) atoms. The van der Waals surface area contributed by atoms with Crippen LogP contribution in [0.15, 0.2) is 12.4 Å². The van der Waals surface area contributed by atoms with E-state index >= 15 is 0 Å². The molecular weight excluding hydrogens is 463 g/mol. The Kier molecular flexibility index (Phi) is 5.32. The van der Waals surface area contributed by atoms with Crippen LogP contribution in [0.1, 0.15) is 38.6 Å². The number of aromatic nitrogens is 6. The molecule has 0 atom stereocenters. The van der Waals surface area contributed by atoms with Crippen molar-refractivity contribution < 1.29 is 8.42 Å². The Hall–Kier alpha value is -1.95. The van der Waals surface area contributed by atoms with E-state index in [2.05, 4.69) is 25.5 Å². The zero-order valence-electron chi connectivity index (χ0n) is 16.9. The van der Waals surface area contributed by atoms with E-state index in [0.717, 1.165) is 12.8 Å². The average Bonchev–Trinajstić information content (AvgIpc) is 3.51. The van der Waals surface area contributed by atoms with E-state index in [1.165, 1.54) is 0 Å². The number of halogens is 2. The van der Waals surface area contributed by atoms with Crippen molar-refractivity contribution in [1.82, 2.24) is 33.8 Å². The monoisotopic (exact) mass is 484 g/mol. The fourth-order valence-electron chi connectivity index (χ4n) is 3.90. The number of nitrogens with one attached hydrogen (secondary N) is 1. The molecule has 2 aliphatic rings. The van der Waals surface area contributed by atoms with E-state index in [9.17, 15) is 8.42 Å². The van der Waals surface area contributed by atoms with Crippen LogP contribution < -0.4 is 5.32 Å². The van der Waals surface area contributed by atoms with Gasteiger partial charge in [0.15, 0.2) is 16.0 Å². The topological polar surface area (TPSA) is 111 Å². The predicted octanol–water partition coefficient (Wildman–Crippen LogP) is 3.22. The Labute approximate surface area is 189 Å². The maximum absolute atomic E-state index is 12.4. The van der Waals surface area contributed by atoms with Crippen LogP contribution in [0.25, 0.3) is 11.0 Å². The molecule has 3 aromatic heterocycles. The van der Waals surface area contributed by atoms with Crippen molar-refractivity contribution in [2.24, 2.45) is 0 Å². The normalized spacial score (nSPS) is 18.7. The fourth-order valence-corrected chi connectivity index (χ4v) is 6.18. The summed E-state index contributed by atoms with van der Waals surface area (Å²) in [4.78, 5) is 8.81. The summed E-state index contributed by atoms with van der Waals surface area (Å²) >= 11 is 12.5. The number of piperidine rings is 1. The van der Waals surface area contributed by atoms with Crippen molar-refractivity contribution in [2.45, 2.75) is 50.4 Å². The van der Waals surface area contributed by atoms with Crippen LogP contribution in [0.3, 0.4) is 0 Å². The van der Waals surface area contributed by atoms with Gasteiger partial charge < -0.3 is 5.32 Å². The number of rotatable bonds is 6. The highest BCUT2D eigenvalue weighted by Crippen LogP contribution is 2.35. The Morgan fingerprint density at radius 3 is 2.55 bits per heavy atom. The minimum absolute atomic E-state index is 0.0856. The summed E-state index contributed by atoms with van der Waals surface area (Å²) in [5, 5.41) is 13.0. The second-order valence-corrected chi connectivity index (χ2v) is 10.8. The van der Waals surface area contributed by atoms with Crippen molar-refractivity contribution in [2.75, 3.05) is 18.4 Å². The zero-order chi connectivity index (χ0) is 21.8. The molecule has 0 spiro atoms. The first-order valence-corrected chi connectivity index (χ1v) is 12.5. The molecule has 4 heterocycles. The summed E-state index contributed by atoms with van der Waals surface area (Å²) in [6.07, 6.45) is 6.40. The third-order valence-electron chi connectivity index (χ3n) is 5.78. The number of sulfonamides is 1. The lowest BCUT2D eigenvalue weighted by Gasteiger charge is -2.31. The molecular formula is C18H22Cl2N8O2S. The Morgan fingerprint density at radius 1 is 1.13 bits per heavy atom. The van der Waals surface area contributed by atoms with Crippen molar-refractivity contribution in [3.05, 3.63) is 22.7 Å². The molecule has 2 fully saturated rings. The largest absolute Gasteiger partial charge is 0.320 e. The number of hydrogen-bond acceptors (Lipinski definition) is 7. The van der Waals surface area contributed by atoms with Gasteiger partial charge in [0.05, 0.1) is 28.6 Å². The van der Waals surface area contributed by atoms with Crippen molar-refractivity contribution in [3.63, 3.8) is 0 Å². The van der Waals surface area contributed by atoms with Crippen LogP contribution in [-0.4, -0.2) is 60.6 Å². The highest BCUT2D eigenvalue weighted by atomic mass is 35.5. The summed E-state index contributed by atoms with van der Waals surface area (Å²) < 4.78 is 30.0. The third-order valence-corrected chi connectivity index (χ3v) is 8.74. The summed E-state index contributed by atoms with van der Waals surface area (Å²) in [6, 6.07) is 0.0856. The van der Waals surface area contributed by atoms with Crippen molar-refractivity contribution in [3.8, 4) is 0 Å². The van der Waals surface area contributed by atoms with E-state index in [0.29, 0.717) is 65.5 Å². The first-order chi connectivity index (χ1) is 14.9. The molecule has 0 aromatic carbocycles. The number of nitrogens with zero attached hydrogens (tertiary/aromatic N) is 7. The molecule has 5 rings (SSSR count). The summed E-state index contributed by atoms with van der Waals surface area (Å²) in [5.74, 6) is 0.366. The van der Waals surface area contributed by atoms with Gasteiger partial charge in [0.2, 0.25) is 16.0 Å². The highest BCUT2D eigenvalue weighted by Gasteiger charge is 2.41. The number of hydrogen-bond donors (Lipinski definition) is 1. The standard InChI is InChI=1S/C18H22Cl2N8O2S/c1-2-27-17-13(15(19)24-27)9-21-18(23-17)22-14-10-28(25-16(14)20)11-5-7-26(8-6-11)31(29,30)12-3-4-12/h9-12H,2-8H2,1H3,(H,21,22,23). The maximum Gasteiger partial charge on any atom is 0.229 e. The highest BCUT2D eigenvalue weighted by molar-refractivity contribution is 7.90. The molecule has 1 N–H and O–H groups in total. The number of anilines is 2.